The van der Waals surface area contributed by atoms with Gasteiger partial charge >= 0.3 is 0 Å². The molecular formula is C16H17F2NO. The Morgan fingerprint density at radius 2 is 1.85 bits per heavy atom. The van der Waals surface area contributed by atoms with Crippen LogP contribution in [0.15, 0.2) is 42.5 Å². The van der Waals surface area contributed by atoms with Crippen molar-refractivity contribution in [3.8, 4) is 0 Å². The topological polar surface area (TPSA) is 32.3 Å². The summed E-state index contributed by atoms with van der Waals surface area (Å²) in [7, 11) is 0. The Morgan fingerprint density at radius 1 is 1.15 bits per heavy atom. The first-order valence-electron chi connectivity index (χ1n) is 6.36. The van der Waals surface area contributed by atoms with Crippen molar-refractivity contribution in [2.24, 2.45) is 0 Å². The van der Waals surface area contributed by atoms with Crippen molar-refractivity contribution in [1.82, 2.24) is 0 Å². The number of aliphatic hydroxyl groups is 1. The van der Waals surface area contributed by atoms with Crippen LogP contribution in [0.25, 0.3) is 0 Å². The minimum absolute atomic E-state index is 0.227. The number of aliphatic hydroxyl groups excluding tert-OH is 1. The van der Waals surface area contributed by atoms with Crippen LogP contribution in [0.5, 0.6) is 0 Å². The lowest BCUT2D eigenvalue weighted by molar-refractivity contribution is 0.220. The molecule has 0 aliphatic heterocycles. The molecule has 0 saturated carbocycles. The van der Waals surface area contributed by atoms with E-state index in [0.29, 0.717) is 0 Å². The largest absolute Gasteiger partial charge is 0.394 e. The molecule has 0 spiro atoms. The quantitative estimate of drug-likeness (QED) is 0.895. The van der Waals surface area contributed by atoms with Crippen molar-refractivity contribution in [1.29, 1.82) is 0 Å². The third-order valence-corrected chi connectivity index (χ3v) is 3.40. The zero-order chi connectivity index (χ0) is 14.8. The first-order chi connectivity index (χ1) is 9.46. The lowest BCUT2D eigenvalue weighted by atomic mass is 9.91. The summed E-state index contributed by atoms with van der Waals surface area (Å²) in [5.41, 5.74) is 0.983. The molecule has 20 heavy (non-hydrogen) atoms. The van der Waals surface area contributed by atoms with E-state index in [4.69, 9.17) is 0 Å². The van der Waals surface area contributed by atoms with E-state index in [-0.39, 0.29) is 12.2 Å². The Hall–Kier alpha value is -1.94. The molecule has 0 amide bonds. The second-order valence-electron chi connectivity index (χ2n) is 5.05. The summed E-state index contributed by atoms with van der Waals surface area (Å²) in [6.07, 6.45) is 0. The van der Waals surface area contributed by atoms with E-state index in [0.717, 1.165) is 17.3 Å². The van der Waals surface area contributed by atoms with Gasteiger partial charge in [-0.05, 0) is 31.5 Å². The number of halogens is 2. The summed E-state index contributed by atoms with van der Waals surface area (Å²) in [5, 5.41) is 12.8. The van der Waals surface area contributed by atoms with Gasteiger partial charge in [0.15, 0.2) is 0 Å². The van der Waals surface area contributed by atoms with Crippen LogP contribution in [-0.4, -0.2) is 11.7 Å². The van der Waals surface area contributed by atoms with E-state index >= 15 is 0 Å². The molecule has 0 heterocycles. The third-order valence-electron chi connectivity index (χ3n) is 3.40. The molecule has 0 aliphatic rings. The predicted molar refractivity (Wildman–Crippen MR) is 75.6 cm³/mol. The van der Waals surface area contributed by atoms with Crippen molar-refractivity contribution in [2.45, 2.75) is 19.4 Å². The second kappa shape index (κ2) is 5.59. The van der Waals surface area contributed by atoms with Gasteiger partial charge in [0.2, 0.25) is 0 Å². The predicted octanol–water partition coefficient (Wildman–Crippen LogP) is 3.59. The molecule has 2 aromatic carbocycles. The summed E-state index contributed by atoms with van der Waals surface area (Å²) in [5.74, 6) is -1.31. The zero-order valence-electron chi connectivity index (χ0n) is 11.5. The van der Waals surface area contributed by atoms with Crippen LogP contribution in [0.3, 0.4) is 0 Å². The first-order valence-corrected chi connectivity index (χ1v) is 6.36. The summed E-state index contributed by atoms with van der Waals surface area (Å²) >= 11 is 0. The molecule has 0 saturated heterocycles. The van der Waals surface area contributed by atoms with Crippen LogP contribution in [0.2, 0.25) is 0 Å². The Labute approximate surface area is 117 Å². The number of anilines is 1. The normalized spacial score (nSPS) is 13.8. The lowest BCUT2D eigenvalue weighted by Gasteiger charge is -2.31. The van der Waals surface area contributed by atoms with Gasteiger partial charge in [0.1, 0.15) is 11.6 Å². The number of hydrogen-bond acceptors (Lipinski definition) is 2. The van der Waals surface area contributed by atoms with Crippen LogP contribution >= 0.6 is 0 Å². The molecule has 2 aromatic rings. The van der Waals surface area contributed by atoms with Crippen LogP contribution in [-0.2, 0) is 5.54 Å². The highest BCUT2D eigenvalue weighted by molar-refractivity contribution is 5.53. The van der Waals surface area contributed by atoms with Gasteiger partial charge in [-0.25, -0.2) is 8.78 Å². The van der Waals surface area contributed by atoms with E-state index in [1.807, 2.05) is 31.2 Å². The van der Waals surface area contributed by atoms with E-state index in [2.05, 4.69) is 5.32 Å². The molecule has 0 aromatic heterocycles. The highest BCUT2D eigenvalue weighted by Crippen LogP contribution is 2.29. The Balaban J connectivity index is 2.41. The summed E-state index contributed by atoms with van der Waals surface area (Å²) in [6, 6.07) is 10.9. The van der Waals surface area contributed by atoms with Crippen LogP contribution in [0, 0.1) is 18.6 Å². The van der Waals surface area contributed by atoms with Crippen molar-refractivity contribution >= 4 is 5.69 Å². The van der Waals surface area contributed by atoms with Crippen molar-refractivity contribution < 1.29 is 13.9 Å². The maximum atomic E-state index is 13.9. The lowest BCUT2D eigenvalue weighted by Crippen LogP contribution is -2.37. The number of nitrogens with one attached hydrogen (secondary N) is 1. The maximum absolute atomic E-state index is 13.9. The number of aryl methyl sites for hydroxylation is 1. The minimum atomic E-state index is -1.02. The van der Waals surface area contributed by atoms with Gasteiger partial charge in [0.25, 0.3) is 0 Å². The Morgan fingerprint density at radius 3 is 2.45 bits per heavy atom. The average molecular weight is 277 g/mol. The molecule has 106 valence electrons. The Bertz CT molecular complexity index is 615. The second-order valence-corrected chi connectivity index (χ2v) is 5.05. The van der Waals surface area contributed by atoms with Crippen molar-refractivity contribution in [2.75, 3.05) is 11.9 Å². The van der Waals surface area contributed by atoms with Gasteiger partial charge in [-0.15, -0.1) is 0 Å². The third kappa shape index (κ3) is 2.80. The molecule has 0 fully saturated rings. The van der Waals surface area contributed by atoms with Gasteiger partial charge in [0, 0.05) is 17.3 Å². The van der Waals surface area contributed by atoms with Crippen LogP contribution < -0.4 is 5.32 Å². The Kier molecular flexibility index (Phi) is 4.04. The van der Waals surface area contributed by atoms with Gasteiger partial charge in [-0.3, -0.25) is 0 Å². The smallest absolute Gasteiger partial charge is 0.131 e. The number of para-hydroxylation sites is 1. The van der Waals surface area contributed by atoms with E-state index in [1.165, 1.54) is 12.1 Å². The van der Waals surface area contributed by atoms with E-state index in [1.54, 1.807) is 6.92 Å². The molecule has 0 radical (unpaired) electrons. The first kappa shape index (κ1) is 14.5. The molecule has 0 bridgehead atoms. The molecule has 0 aliphatic carbocycles. The molecule has 1 unspecified atom stereocenters. The van der Waals surface area contributed by atoms with Crippen molar-refractivity contribution in [3.05, 3.63) is 65.2 Å². The maximum Gasteiger partial charge on any atom is 0.131 e. The minimum Gasteiger partial charge on any atom is -0.394 e. The van der Waals surface area contributed by atoms with E-state index in [9.17, 15) is 13.9 Å². The van der Waals surface area contributed by atoms with Crippen LogP contribution in [0.1, 0.15) is 18.1 Å². The SMILES string of the molecule is Cc1ccccc1NC(C)(CO)c1ccc(F)cc1F. The molecule has 4 heteroatoms. The van der Waals surface area contributed by atoms with Gasteiger partial charge in [0.05, 0.1) is 12.1 Å². The summed E-state index contributed by atoms with van der Waals surface area (Å²) in [4.78, 5) is 0. The number of hydrogen-bond donors (Lipinski definition) is 2. The number of rotatable bonds is 4. The molecule has 1 atom stereocenters. The summed E-state index contributed by atoms with van der Waals surface area (Å²) < 4.78 is 27.0. The molecule has 2 N–H and O–H groups in total. The van der Waals surface area contributed by atoms with Gasteiger partial charge in [-0.2, -0.15) is 0 Å². The molecule has 2 rings (SSSR count). The van der Waals surface area contributed by atoms with E-state index < -0.39 is 17.2 Å². The fraction of sp³-hybridized carbons (Fsp3) is 0.250. The standard InChI is InChI=1S/C16H17F2NO/c1-11-5-3-4-6-15(11)19-16(2,10-20)13-8-7-12(17)9-14(13)18/h3-9,19-20H,10H2,1-2H3. The van der Waals surface area contributed by atoms with Gasteiger partial charge < -0.3 is 10.4 Å². The summed E-state index contributed by atoms with van der Waals surface area (Å²) in [6.45, 7) is 3.28. The zero-order valence-corrected chi connectivity index (χ0v) is 11.5. The fourth-order valence-electron chi connectivity index (χ4n) is 2.14. The fourth-order valence-corrected chi connectivity index (χ4v) is 2.14. The highest BCUT2D eigenvalue weighted by Gasteiger charge is 2.29. The molecule has 2 nitrogen and oxygen atoms in total. The van der Waals surface area contributed by atoms with Crippen LogP contribution in [0.4, 0.5) is 14.5 Å². The highest BCUT2D eigenvalue weighted by atomic mass is 19.1. The monoisotopic (exact) mass is 277 g/mol. The van der Waals surface area contributed by atoms with Crippen molar-refractivity contribution in [3.63, 3.8) is 0 Å². The van der Waals surface area contributed by atoms with Gasteiger partial charge in [-0.1, -0.05) is 24.3 Å². The average Bonchev–Trinajstić information content (AvgIpc) is 2.41. The molecular weight excluding hydrogens is 260 g/mol. The number of benzene rings is 2.